The SMILES string of the molecule is O=Cc1cccc(Oc2cccc(Br)c2)c1. The Bertz CT molecular complexity index is 509. The number of benzene rings is 2. The van der Waals surface area contributed by atoms with Crippen LogP contribution in [0.2, 0.25) is 0 Å². The average molecular weight is 277 g/mol. The molecule has 2 aromatic carbocycles. The van der Waals surface area contributed by atoms with Crippen LogP contribution in [0.25, 0.3) is 0 Å². The van der Waals surface area contributed by atoms with Gasteiger partial charge in [0.2, 0.25) is 0 Å². The number of rotatable bonds is 3. The minimum Gasteiger partial charge on any atom is -0.457 e. The van der Waals surface area contributed by atoms with Crippen molar-refractivity contribution in [3.8, 4) is 11.5 Å². The smallest absolute Gasteiger partial charge is 0.150 e. The van der Waals surface area contributed by atoms with E-state index in [0.29, 0.717) is 11.3 Å². The van der Waals surface area contributed by atoms with Gasteiger partial charge in [0.15, 0.2) is 0 Å². The van der Waals surface area contributed by atoms with E-state index in [1.807, 2.05) is 30.3 Å². The maximum Gasteiger partial charge on any atom is 0.150 e. The quantitative estimate of drug-likeness (QED) is 0.791. The summed E-state index contributed by atoms with van der Waals surface area (Å²) in [7, 11) is 0. The first kappa shape index (κ1) is 10.9. The molecular formula is C13H9BrO2. The summed E-state index contributed by atoms with van der Waals surface area (Å²) in [6, 6.07) is 14.6. The molecule has 0 aliphatic heterocycles. The van der Waals surface area contributed by atoms with Crippen LogP contribution in [0.4, 0.5) is 0 Å². The van der Waals surface area contributed by atoms with Gasteiger partial charge in [0.05, 0.1) is 0 Å². The van der Waals surface area contributed by atoms with Crippen LogP contribution in [0.3, 0.4) is 0 Å². The minimum atomic E-state index is 0.604. The third-order valence-electron chi connectivity index (χ3n) is 2.03. The molecule has 2 nitrogen and oxygen atoms in total. The van der Waals surface area contributed by atoms with Crippen LogP contribution in [0.1, 0.15) is 10.4 Å². The van der Waals surface area contributed by atoms with E-state index in [0.717, 1.165) is 16.5 Å². The number of aldehydes is 1. The van der Waals surface area contributed by atoms with Gasteiger partial charge in [-0.25, -0.2) is 0 Å². The summed E-state index contributed by atoms with van der Waals surface area (Å²) in [4.78, 5) is 10.6. The first-order valence-electron chi connectivity index (χ1n) is 4.76. The molecular weight excluding hydrogens is 268 g/mol. The Labute approximate surface area is 102 Å². The molecule has 0 spiro atoms. The van der Waals surface area contributed by atoms with Crippen molar-refractivity contribution in [2.24, 2.45) is 0 Å². The highest BCUT2D eigenvalue weighted by molar-refractivity contribution is 9.10. The van der Waals surface area contributed by atoms with Crippen molar-refractivity contribution in [2.45, 2.75) is 0 Å². The highest BCUT2D eigenvalue weighted by Crippen LogP contribution is 2.24. The van der Waals surface area contributed by atoms with Gasteiger partial charge in [-0.2, -0.15) is 0 Å². The van der Waals surface area contributed by atoms with Crippen LogP contribution in [0, 0.1) is 0 Å². The van der Waals surface area contributed by atoms with E-state index >= 15 is 0 Å². The molecule has 0 amide bonds. The van der Waals surface area contributed by atoms with Gasteiger partial charge in [-0.05, 0) is 30.3 Å². The maximum atomic E-state index is 10.6. The Hall–Kier alpha value is -1.61. The van der Waals surface area contributed by atoms with E-state index in [4.69, 9.17) is 4.74 Å². The second-order valence-electron chi connectivity index (χ2n) is 3.25. The zero-order valence-corrected chi connectivity index (χ0v) is 9.98. The van der Waals surface area contributed by atoms with E-state index in [9.17, 15) is 4.79 Å². The summed E-state index contributed by atoms with van der Waals surface area (Å²) >= 11 is 3.37. The van der Waals surface area contributed by atoms with E-state index in [-0.39, 0.29) is 0 Å². The predicted octanol–water partition coefficient (Wildman–Crippen LogP) is 4.05. The molecule has 0 atom stereocenters. The largest absolute Gasteiger partial charge is 0.457 e. The second-order valence-corrected chi connectivity index (χ2v) is 4.17. The first-order valence-corrected chi connectivity index (χ1v) is 5.56. The van der Waals surface area contributed by atoms with Gasteiger partial charge in [-0.3, -0.25) is 4.79 Å². The summed E-state index contributed by atoms with van der Waals surface area (Å²) in [5.41, 5.74) is 0.604. The molecule has 0 unspecified atom stereocenters. The number of hydrogen-bond acceptors (Lipinski definition) is 2. The van der Waals surface area contributed by atoms with Crippen molar-refractivity contribution in [1.29, 1.82) is 0 Å². The number of halogens is 1. The minimum absolute atomic E-state index is 0.604. The Kier molecular flexibility index (Phi) is 3.37. The molecule has 80 valence electrons. The van der Waals surface area contributed by atoms with Crippen molar-refractivity contribution in [3.63, 3.8) is 0 Å². The van der Waals surface area contributed by atoms with Gasteiger partial charge in [-0.15, -0.1) is 0 Å². The van der Waals surface area contributed by atoms with Crippen molar-refractivity contribution in [3.05, 3.63) is 58.6 Å². The topological polar surface area (TPSA) is 26.3 Å². The van der Waals surface area contributed by atoms with Gasteiger partial charge in [0.1, 0.15) is 17.8 Å². The molecule has 0 aliphatic carbocycles. The molecule has 0 aliphatic rings. The lowest BCUT2D eigenvalue weighted by atomic mass is 10.2. The lowest BCUT2D eigenvalue weighted by Crippen LogP contribution is -1.86. The van der Waals surface area contributed by atoms with E-state index in [1.54, 1.807) is 18.2 Å². The first-order chi connectivity index (χ1) is 7.78. The zero-order valence-electron chi connectivity index (χ0n) is 8.39. The average Bonchev–Trinajstić information content (AvgIpc) is 2.29. The molecule has 0 N–H and O–H groups in total. The Balaban J connectivity index is 2.23. The van der Waals surface area contributed by atoms with Crippen LogP contribution in [0.5, 0.6) is 11.5 Å². The number of carbonyl (C=O) groups is 1. The zero-order chi connectivity index (χ0) is 11.4. The van der Waals surface area contributed by atoms with Crippen molar-refractivity contribution in [2.75, 3.05) is 0 Å². The van der Waals surface area contributed by atoms with Gasteiger partial charge in [0.25, 0.3) is 0 Å². The fraction of sp³-hybridized carbons (Fsp3) is 0. The third-order valence-corrected chi connectivity index (χ3v) is 2.52. The molecule has 0 fully saturated rings. The van der Waals surface area contributed by atoms with E-state index in [2.05, 4.69) is 15.9 Å². The van der Waals surface area contributed by atoms with Crippen LogP contribution in [-0.4, -0.2) is 6.29 Å². The van der Waals surface area contributed by atoms with Gasteiger partial charge in [-0.1, -0.05) is 34.1 Å². The number of carbonyl (C=O) groups excluding carboxylic acids is 1. The monoisotopic (exact) mass is 276 g/mol. The molecule has 0 aromatic heterocycles. The van der Waals surface area contributed by atoms with Crippen LogP contribution < -0.4 is 4.74 Å². The highest BCUT2D eigenvalue weighted by atomic mass is 79.9. The molecule has 0 heterocycles. The summed E-state index contributed by atoms with van der Waals surface area (Å²) in [5, 5.41) is 0. The molecule has 2 rings (SSSR count). The molecule has 0 saturated carbocycles. The lowest BCUT2D eigenvalue weighted by molar-refractivity contribution is 0.112. The Morgan fingerprint density at radius 3 is 2.38 bits per heavy atom. The number of ether oxygens (including phenoxy) is 1. The van der Waals surface area contributed by atoms with Gasteiger partial charge >= 0.3 is 0 Å². The normalized spacial score (nSPS) is 9.81. The molecule has 0 saturated heterocycles. The fourth-order valence-corrected chi connectivity index (χ4v) is 1.70. The molecule has 0 radical (unpaired) electrons. The summed E-state index contributed by atoms with van der Waals surface area (Å²) in [5.74, 6) is 1.39. The van der Waals surface area contributed by atoms with Crippen LogP contribution >= 0.6 is 15.9 Å². The Morgan fingerprint density at radius 1 is 1.00 bits per heavy atom. The third kappa shape index (κ3) is 2.70. The molecule has 3 heteroatoms. The lowest BCUT2D eigenvalue weighted by Gasteiger charge is -2.05. The van der Waals surface area contributed by atoms with Crippen LogP contribution in [-0.2, 0) is 0 Å². The van der Waals surface area contributed by atoms with Crippen molar-refractivity contribution in [1.82, 2.24) is 0 Å². The standard InChI is InChI=1S/C13H9BrO2/c14-11-4-2-6-13(8-11)16-12-5-1-3-10(7-12)9-15/h1-9H. The van der Waals surface area contributed by atoms with Gasteiger partial charge < -0.3 is 4.74 Å². The predicted molar refractivity (Wildman–Crippen MR) is 66.0 cm³/mol. The summed E-state index contributed by atoms with van der Waals surface area (Å²) in [6.45, 7) is 0. The van der Waals surface area contributed by atoms with Crippen molar-refractivity contribution < 1.29 is 9.53 Å². The molecule has 16 heavy (non-hydrogen) atoms. The van der Waals surface area contributed by atoms with Crippen molar-refractivity contribution >= 4 is 22.2 Å². The van der Waals surface area contributed by atoms with Gasteiger partial charge in [0, 0.05) is 10.0 Å². The fourth-order valence-electron chi connectivity index (χ4n) is 1.32. The maximum absolute atomic E-state index is 10.6. The summed E-state index contributed by atoms with van der Waals surface area (Å²) in [6.07, 6.45) is 0.799. The highest BCUT2D eigenvalue weighted by Gasteiger charge is 1.98. The second kappa shape index (κ2) is 4.94. The Morgan fingerprint density at radius 2 is 1.69 bits per heavy atom. The van der Waals surface area contributed by atoms with Crippen LogP contribution in [0.15, 0.2) is 53.0 Å². The van der Waals surface area contributed by atoms with E-state index in [1.165, 1.54) is 0 Å². The molecule has 0 bridgehead atoms. The number of hydrogen-bond donors (Lipinski definition) is 0. The molecule has 2 aromatic rings. The summed E-state index contributed by atoms with van der Waals surface area (Å²) < 4.78 is 6.57. The van der Waals surface area contributed by atoms with E-state index < -0.39 is 0 Å².